The number of hydrogen-bond donors (Lipinski definition) is 0. The van der Waals surface area contributed by atoms with Gasteiger partial charge in [0.15, 0.2) is 0 Å². The standard InChI is InChI=1S/C12H13BrN2O2S/c1-14-10-7-8(13)3-4-9(10)11(16)15(12(14)17)5-6-18-2/h3-4,7H,5-6H2,1-2H3. The predicted molar refractivity (Wildman–Crippen MR) is 79.5 cm³/mol. The molecule has 0 saturated heterocycles. The fourth-order valence-corrected chi connectivity index (χ4v) is 2.57. The van der Waals surface area contributed by atoms with Crippen LogP contribution < -0.4 is 11.2 Å². The lowest BCUT2D eigenvalue weighted by molar-refractivity contribution is 0.645. The molecular formula is C12H13BrN2O2S. The van der Waals surface area contributed by atoms with Crippen LogP contribution in [0.2, 0.25) is 0 Å². The smallest absolute Gasteiger partial charge is 0.296 e. The molecule has 96 valence electrons. The number of halogens is 1. The Morgan fingerprint density at radius 1 is 1.33 bits per heavy atom. The molecular weight excluding hydrogens is 316 g/mol. The van der Waals surface area contributed by atoms with E-state index in [1.807, 2.05) is 12.3 Å². The van der Waals surface area contributed by atoms with Gasteiger partial charge in [-0.25, -0.2) is 4.79 Å². The molecule has 1 aromatic carbocycles. The number of benzene rings is 1. The van der Waals surface area contributed by atoms with Gasteiger partial charge in [0, 0.05) is 23.8 Å². The van der Waals surface area contributed by atoms with Gasteiger partial charge in [0.2, 0.25) is 0 Å². The van der Waals surface area contributed by atoms with Gasteiger partial charge in [0.1, 0.15) is 0 Å². The first-order valence-corrected chi connectivity index (χ1v) is 7.63. The maximum atomic E-state index is 12.2. The number of rotatable bonds is 3. The molecule has 0 bridgehead atoms. The van der Waals surface area contributed by atoms with Crippen LogP contribution in [-0.2, 0) is 13.6 Å². The molecule has 0 radical (unpaired) electrons. The van der Waals surface area contributed by atoms with E-state index in [1.165, 1.54) is 9.13 Å². The Balaban J connectivity index is 2.80. The summed E-state index contributed by atoms with van der Waals surface area (Å²) in [5, 5.41) is 0.571. The van der Waals surface area contributed by atoms with Crippen molar-refractivity contribution in [2.24, 2.45) is 7.05 Å². The largest absolute Gasteiger partial charge is 0.331 e. The molecule has 0 atom stereocenters. The Bertz CT molecular complexity index is 706. The fraction of sp³-hybridized carbons (Fsp3) is 0.333. The van der Waals surface area contributed by atoms with Crippen LogP contribution in [0.15, 0.2) is 32.3 Å². The van der Waals surface area contributed by atoms with Crippen molar-refractivity contribution < 1.29 is 0 Å². The highest BCUT2D eigenvalue weighted by Crippen LogP contribution is 2.15. The minimum Gasteiger partial charge on any atom is -0.296 e. The van der Waals surface area contributed by atoms with Crippen molar-refractivity contribution in [3.05, 3.63) is 43.5 Å². The van der Waals surface area contributed by atoms with Gasteiger partial charge in [-0.2, -0.15) is 11.8 Å². The van der Waals surface area contributed by atoms with E-state index in [2.05, 4.69) is 15.9 Å². The van der Waals surface area contributed by atoms with E-state index in [1.54, 1.807) is 30.9 Å². The molecule has 6 heteroatoms. The summed E-state index contributed by atoms with van der Waals surface area (Å²) in [7, 11) is 1.69. The van der Waals surface area contributed by atoms with Crippen molar-refractivity contribution in [3.8, 4) is 0 Å². The van der Waals surface area contributed by atoms with Crippen LogP contribution in [0.1, 0.15) is 0 Å². The topological polar surface area (TPSA) is 44.0 Å². The second-order valence-electron chi connectivity index (χ2n) is 3.95. The van der Waals surface area contributed by atoms with Gasteiger partial charge in [-0.3, -0.25) is 13.9 Å². The third-order valence-corrected chi connectivity index (χ3v) is 3.92. The molecule has 2 rings (SSSR count). The fourth-order valence-electron chi connectivity index (χ4n) is 1.86. The quantitative estimate of drug-likeness (QED) is 0.863. The van der Waals surface area contributed by atoms with Gasteiger partial charge in [0.25, 0.3) is 5.56 Å². The lowest BCUT2D eigenvalue weighted by atomic mass is 10.2. The molecule has 4 nitrogen and oxygen atoms in total. The third kappa shape index (κ3) is 2.27. The van der Waals surface area contributed by atoms with Crippen LogP contribution in [0.5, 0.6) is 0 Å². The highest BCUT2D eigenvalue weighted by atomic mass is 79.9. The van der Waals surface area contributed by atoms with Crippen molar-refractivity contribution in [1.82, 2.24) is 9.13 Å². The molecule has 0 aliphatic heterocycles. The highest BCUT2D eigenvalue weighted by molar-refractivity contribution is 9.10. The summed E-state index contributed by atoms with van der Waals surface area (Å²) in [5.41, 5.74) is 0.175. The molecule has 0 N–H and O–H groups in total. The first-order chi connectivity index (χ1) is 8.56. The first-order valence-electron chi connectivity index (χ1n) is 5.44. The minimum absolute atomic E-state index is 0.213. The molecule has 2 aromatic rings. The van der Waals surface area contributed by atoms with Crippen LogP contribution in [0.3, 0.4) is 0 Å². The molecule has 0 amide bonds. The van der Waals surface area contributed by atoms with Crippen LogP contribution >= 0.6 is 27.7 Å². The van der Waals surface area contributed by atoms with E-state index in [0.717, 1.165) is 10.2 Å². The molecule has 1 aromatic heterocycles. The van der Waals surface area contributed by atoms with Crippen LogP contribution in [0, 0.1) is 0 Å². The van der Waals surface area contributed by atoms with E-state index in [9.17, 15) is 9.59 Å². The second-order valence-corrected chi connectivity index (χ2v) is 5.85. The van der Waals surface area contributed by atoms with Crippen molar-refractivity contribution in [2.75, 3.05) is 12.0 Å². The van der Waals surface area contributed by atoms with Crippen molar-refractivity contribution >= 4 is 38.6 Å². The van der Waals surface area contributed by atoms with Gasteiger partial charge in [0.05, 0.1) is 10.9 Å². The Kier molecular flexibility index (Phi) is 3.97. The van der Waals surface area contributed by atoms with Gasteiger partial charge in [-0.1, -0.05) is 15.9 Å². The van der Waals surface area contributed by atoms with Crippen molar-refractivity contribution in [3.63, 3.8) is 0 Å². The predicted octanol–water partition coefficient (Wildman–Crippen LogP) is 1.83. The number of aromatic nitrogens is 2. The van der Waals surface area contributed by atoms with Crippen molar-refractivity contribution in [1.29, 1.82) is 0 Å². The zero-order chi connectivity index (χ0) is 13.3. The molecule has 0 unspecified atom stereocenters. The molecule has 0 fully saturated rings. The lowest BCUT2D eigenvalue weighted by Gasteiger charge is -2.10. The molecule has 0 aliphatic carbocycles. The summed E-state index contributed by atoms with van der Waals surface area (Å²) in [4.78, 5) is 24.4. The summed E-state index contributed by atoms with van der Waals surface area (Å²) in [6, 6.07) is 5.35. The average Bonchev–Trinajstić information content (AvgIpc) is 2.36. The number of nitrogens with zero attached hydrogens (tertiary/aromatic N) is 2. The summed E-state index contributed by atoms with van der Waals surface area (Å²) < 4.78 is 3.67. The van der Waals surface area contributed by atoms with Crippen LogP contribution in [0.4, 0.5) is 0 Å². The lowest BCUT2D eigenvalue weighted by Crippen LogP contribution is -2.39. The molecule has 0 aliphatic rings. The molecule has 18 heavy (non-hydrogen) atoms. The van der Waals surface area contributed by atoms with E-state index in [-0.39, 0.29) is 11.2 Å². The summed E-state index contributed by atoms with van der Waals surface area (Å²) >= 11 is 4.96. The molecule has 0 spiro atoms. The van der Waals surface area contributed by atoms with Crippen LogP contribution in [0.25, 0.3) is 10.9 Å². The normalized spacial score (nSPS) is 11.1. The Morgan fingerprint density at radius 3 is 2.72 bits per heavy atom. The average molecular weight is 329 g/mol. The Hall–Kier alpha value is -1.01. The highest BCUT2D eigenvalue weighted by Gasteiger charge is 2.10. The number of hydrogen-bond acceptors (Lipinski definition) is 3. The third-order valence-electron chi connectivity index (χ3n) is 2.83. The van der Waals surface area contributed by atoms with Gasteiger partial charge in [-0.05, 0) is 24.5 Å². The molecule has 1 heterocycles. The van der Waals surface area contributed by atoms with Crippen LogP contribution in [-0.4, -0.2) is 21.1 Å². The van der Waals surface area contributed by atoms with Gasteiger partial charge >= 0.3 is 5.69 Å². The van der Waals surface area contributed by atoms with Gasteiger partial charge in [-0.15, -0.1) is 0 Å². The minimum atomic E-state index is -0.264. The van der Waals surface area contributed by atoms with Gasteiger partial charge < -0.3 is 0 Å². The number of fused-ring (bicyclic) bond motifs is 1. The van der Waals surface area contributed by atoms with E-state index < -0.39 is 0 Å². The summed E-state index contributed by atoms with van der Waals surface area (Å²) in [5.74, 6) is 0.747. The second kappa shape index (κ2) is 5.32. The van der Waals surface area contributed by atoms with E-state index in [0.29, 0.717) is 17.4 Å². The van der Waals surface area contributed by atoms with E-state index >= 15 is 0 Å². The Labute approximate surface area is 117 Å². The number of aryl methyl sites for hydroxylation is 1. The van der Waals surface area contributed by atoms with E-state index in [4.69, 9.17) is 0 Å². The zero-order valence-corrected chi connectivity index (χ0v) is 12.5. The first kappa shape index (κ1) is 13.4. The maximum Gasteiger partial charge on any atom is 0.331 e. The van der Waals surface area contributed by atoms with Crippen molar-refractivity contribution in [2.45, 2.75) is 6.54 Å². The zero-order valence-electron chi connectivity index (χ0n) is 10.1. The number of thioether (sulfide) groups is 1. The molecule has 0 saturated carbocycles. The maximum absolute atomic E-state index is 12.2. The SMILES string of the molecule is CSCCn1c(=O)c2ccc(Br)cc2n(C)c1=O. The summed E-state index contributed by atoms with van der Waals surface area (Å²) in [6.45, 7) is 0.443. The Morgan fingerprint density at radius 2 is 2.06 bits per heavy atom. The summed E-state index contributed by atoms with van der Waals surface area (Å²) in [6.07, 6.45) is 1.95. The monoisotopic (exact) mass is 328 g/mol.